The maximum Gasteiger partial charge on any atom is 0.410 e. The van der Waals surface area contributed by atoms with E-state index in [1.165, 1.54) is 6.26 Å². The highest BCUT2D eigenvalue weighted by atomic mass is 16.6. The van der Waals surface area contributed by atoms with Crippen LogP contribution >= 0.6 is 0 Å². The standard InChI is InChI=1S/C15H23N3O4/c1-15(2,3)22-14(20)18-8-6-11(7-9-18)16-13(19)17-12-5-4-10-21-12/h4-5,10-11H,6-9H2,1-3H3,(H2,16,17,19). The number of anilines is 1. The zero-order valence-electron chi connectivity index (χ0n) is 13.2. The Balaban J connectivity index is 1.73. The number of carbonyl (C=O) groups excluding carboxylic acids is 2. The van der Waals surface area contributed by atoms with Gasteiger partial charge in [0.1, 0.15) is 5.60 Å². The Kier molecular flexibility index (Phi) is 4.95. The van der Waals surface area contributed by atoms with E-state index in [2.05, 4.69) is 10.6 Å². The first-order valence-electron chi connectivity index (χ1n) is 7.42. The predicted molar refractivity (Wildman–Crippen MR) is 81.7 cm³/mol. The SMILES string of the molecule is CC(C)(C)OC(=O)N1CCC(NC(=O)Nc2ccco2)CC1. The molecule has 3 amide bonds. The number of likely N-dealkylation sites (tertiary alicyclic amines) is 1. The van der Waals surface area contributed by atoms with Crippen molar-refractivity contribution in [3.63, 3.8) is 0 Å². The number of nitrogens with one attached hydrogen (secondary N) is 2. The average molecular weight is 309 g/mol. The number of piperidine rings is 1. The summed E-state index contributed by atoms with van der Waals surface area (Å²) in [5.41, 5.74) is -0.491. The van der Waals surface area contributed by atoms with Gasteiger partial charge in [0, 0.05) is 25.2 Å². The summed E-state index contributed by atoms with van der Waals surface area (Å²) in [6.07, 6.45) is 2.59. The molecule has 0 radical (unpaired) electrons. The number of ether oxygens (including phenoxy) is 1. The van der Waals surface area contributed by atoms with Gasteiger partial charge in [-0.25, -0.2) is 9.59 Å². The number of hydrogen-bond acceptors (Lipinski definition) is 4. The largest absolute Gasteiger partial charge is 0.449 e. The van der Waals surface area contributed by atoms with E-state index in [1.54, 1.807) is 17.0 Å². The van der Waals surface area contributed by atoms with Crippen LogP contribution in [0.4, 0.5) is 15.5 Å². The van der Waals surface area contributed by atoms with Gasteiger partial charge in [-0.1, -0.05) is 0 Å². The van der Waals surface area contributed by atoms with E-state index >= 15 is 0 Å². The lowest BCUT2D eigenvalue weighted by atomic mass is 10.1. The molecule has 7 nitrogen and oxygen atoms in total. The first kappa shape index (κ1) is 16.2. The molecule has 0 spiro atoms. The molecule has 1 fully saturated rings. The third-order valence-corrected chi connectivity index (χ3v) is 3.24. The smallest absolute Gasteiger partial charge is 0.410 e. The molecule has 0 bridgehead atoms. The monoisotopic (exact) mass is 309 g/mol. The van der Waals surface area contributed by atoms with Crippen LogP contribution < -0.4 is 10.6 Å². The van der Waals surface area contributed by atoms with Gasteiger partial charge in [-0.2, -0.15) is 0 Å². The van der Waals surface area contributed by atoms with Gasteiger partial charge in [-0.15, -0.1) is 0 Å². The third-order valence-electron chi connectivity index (χ3n) is 3.24. The van der Waals surface area contributed by atoms with Crippen molar-refractivity contribution in [1.82, 2.24) is 10.2 Å². The molecular weight excluding hydrogens is 286 g/mol. The maximum absolute atomic E-state index is 11.9. The Bertz CT molecular complexity index is 499. The summed E-state index contributed by atoms with van der Waals surface area (Å²) in [5.74, 6) is 0.406. The van der Waals surface area contributed by atoms with Crippen molar-refractivity contribution in [2.45, 2.75) is 45.3 Å². The van der Waals surface area contributed by atoms with E-state index < -0.39 is 5.60 Å². The van der Waals surface area contributed by atoms with Crippen molar-refractivity contribution in [1.29, 1.82) is 0 Å². The van der Waals surface area contributed by atoms with E-state index in [-0.39, 0.29) is 18.2 Å². The second-order valence-electron chi connectivity index (χ2n) is 6.32. The fourth-order valence-corrected chi connectivity index (χ4v) is 2.22. The zero-order valence-corrected chi connectivity index (χ0v) is 13.2. The molecule has 1 aromatic rings. The maximum atomic E-state index is 11.9. The van der Waals surface area contributed by atoms with Crippen molar-refractivity contribution in [2.75, 3.05) is 18.4 Å². The van der Waals surface area contributed by atoms with Crippen molar-refractivity contribution in [2.24, 2.45) is 0 Å². The van der Waals surface area contributed by atoms with Gasteiger partial charge < -0.3 is 19.4 Å². The number of nitrogens with zero attached hydrogens (tertiary/aromatic N) is 1. The van der Waals surface area contributed by atoms with Crippen molar-refractivity contribution >= 4 is 18.0 Å². The zero-order chi connectivity index (χ0) is 16.2. The Morgan fingerprint density at radius 3 is 2.55 bits per heavy atom. The van der Waals surface area contributed by atoms with Crippen LogP contribution in [0.1, 0.15) is 33.6 Å². The summed E-state index contributed by atoms with van der Waals surface area (Å²) in [7, 11) is 0. The minimum absolute atomic E-state index is 0.0358. The van der Waals surface area contributed by atoms with Crippen molar-refractivity contribution in [3.8, 4) is 0 Å². The lowest BCUT2D eigenvalue weighted by molar-refractivity contribution is 0.0202. The van der Waals surface area contributed by atoms with Crippen molar-refractivity contribution < 1.29 is 18.7 Å². The Labute approximate surface area is 130 Å². The van der Waals surface area contributed by atoms with Crippen molar-refractivity contribution in [3.05, 3.63) is 18.4 Å². The molecule has 122 valence electrons. The average Bonchev–Trinajstić information content (AvgIpc) is 2.90. The van der Waals surface area contributed by atoms with E-state index in [9.17, 15) is 9.59 Å². The summed E-state index contributed by atoms with van der Waals surface area (Å²) in [5, 5.41) is 5.49. The molecule has 2 heterocycles. The summed E-state index contributed by atoms with van der Waals surface area (Å²) in [6.45, 7) is 6.68. The Morgan fingerprint density at radius 1 is 1.32 bits per heavy atom. The van der Waals surface area contributed by atoms with Crippen LogP contribution in [0.3, 0.4) is 0 Å². The molecular formula is C15H23N3O4. The molecule has 1 saturated heterocycles. The number of furan rings is 1. The summed E-state index contributed by atoms with van der Waals surface area (Å²) in [6, 6.07) is 3.11. The summed E-state index contributed by atoms with van der Waals surface area (Å²) >= 11 is 0. The molecule has 1 aliphatic rings. The van der Waals surface area contributed by atoms with E-state index in [4.69, 9.17) is 9.15 Å². The normalized spacial score (nSPS) is 16.2. The van der Waals surface area contributed by atoms with Gasteiger partial charge >= 0.3 is 12.1 Å². The molecule has 2 rings (SSSR count). The van der Waals surface area contributed by atoms with Crippen LogP contribution in [0.2, 0.25) is 0 Å². The molecule has 1 aromatic heterocycles. The quantitative estimate of drug-likeness (QED) is 0.880. The lowest BCUT2D eigenvalue weighted by Gasteiger charge is -2.33. The second kappa shape index (κ2) is 6.72. The highest BCUT2D eigenvalue weighted by Gasteiger charge is 2.27. The van der Waals surface area contributed by atoms with Crippen LogP contribution in [0.15, 0.2) is 22.8 Å². The van der Waals surface area contributed by atoms with Gasteiger partial charge in [-0.3, -0.25) is 5.32 Å². The van der Waals surface area contributed by atoms with Crippen LogP contribution in [0.5, 0.6) is 0 Å². The van der Waals surface area contributed by atoms with Crippen LogP contribution in [0, 0.1) is 0 Å². The third kappa shape index (κ3) is 4.98. The van der Waals surface area contributed by atoms with Gasteiger partial charge in [0.15, 0.2) is 0 Å². The molecule has 0 aromatic carbocycles. The van der Waals surface area contributed by atoms with Gasteiger partial charge in [0.05, 0.1) is 6.26 Å². The molecule has 0 saturated carbocycles. The molecule has 0 aliphatic carbocycles. The highest BCUT2D eigenvalue weighted by Crippen LogP contribution is 2.15. The molecule has 0 atom stereocenters. The van der Waals surface area contributed by atoms with E-state index in [0.29, 0.717) is 31.8 Å². The fourth-order valence-electron chi connectivity index (χ4n) is 2.22. The van der Waals surface area contributed by atoms with Crippen LogP contribution in [-0.2, 0) is 4.74 Å². The Morgan fingerprint density at radius 2 is 2.00 bits per heavy atom. The number of carbonyl (C=O) groups is 2. The topological polar surface area (TPSA) is 83.8 Å². The minimum atomic E-state index is -0.491. The molecule has 7 heteroatoms. The number of amides is 3. The number of urea groups is 1. The predicted octanol–water partition coefficient (Wildman–Crippen LogP) is 2.80. The van der Waals surface area contributed by atoms with Gasteiger partial charge in [0.2, 0.25) is 5.88 Å². The minimum Gasteiger partial charge on any atom is -0.449 e. The van der Waals surface area contributed by atoms with E-state index in [0.717, 1.165) is 0 Å². The first-order chi connectivity index (χ1) is 10.3. The number of rotatable bonds is 2. The van der Waals surface area contributed by atoms with Gasteiger partial charge in [-0.05, 0) is 39.7 Å². The molecule has 22 heavy (non-hydrogen) atoms. The Hall–Kier alpha value is -2.18. The summed E-state index contributed by atoms with van der Waals surface area (Å²) in [4.78, 5) is 25.4. The van der Waals surface area contributed by atoms with E-state index in [1.807, 2.05) is 20.8 Å². The van der Waals surface area contributed by atoms with Crippen LogP contribution in [0.25, 0.3) is 0 Å². The summed E-state index contributed by atoms with van der Waals surface area (Å²) < 4.78 is 10.4. The highest BCUT2D eigenvalue weighted by molar-refractivity contribution is 5.87. The lowest BCUT2D eigenvalue weighted by Crippen LogP contribution is -2.48. The fraction of sp³-hybridized carbons (Fsp3) is 0.600. The second-order valence-corrected chi connectivity index (χ2v) is 6.32. The first-order valence-corrected chi connectivity index (χ1v) is 7.42. The molecule has 1 aliphatic heterocycles. The molecule has 2 N–H and O–H groups in total. The molecule has 0 unspecified atom stereocenters. The van der Waals surface area contributed by atoms with Gasteiger partial charge in [0.25, 0.3) is 0 Å². The van der Waals surface area contributed by atoms with Crippen LogP contribution in [-0.4, -0.2) is 41.8 Å². The number of hydrogen-bond donors (Lipinski definition) is 2.